The summed E-state index contributed by atoms with van der Waals surface area (Å²) in [4.78, 5) is 34.7. The fraction of sp³-hybridized carbons (Fsp3) is 0.240. The van der Waals surface area contributed by atoms with Crippen LogP contribution in [0.15, 0.2) is 60.0 Å². The van der Waals surface area contributed by atoms with Crippen LogP contribution >= 0.6 is 22.7 Å². The largest absolute Gasteiger partial charge is 0.339 e. The first kappa shape index (κ1) is 20.8. The van der Waals surface area contributed by atoms with Crippen molar-refractivity contribution in [2.45, 2.75) is 19.8 Å². The van der Waals surface area contributed by atoms with Gasteiger partial charge in [-0.25, -0.2) is 4.98 Å². The number of aromatic nitrogens is 1. The Bertz CT molecular complexity index is 1280. The van der Waals surface area contributed by atoms with Crippen LogP contribution in [0.5, 0.6) is 0 Å². The number of rotatable bonds is 4. The van der Waals surface area contributed by atoms with Crippen molar-refractivity contribution in [1.82, 2.24) is 9.88 Å². The Morgan fingerprint density at radius 1 is 1.03 bits per heavy atom. The first-order chi connectivity index (χ1) is 15.6. The molecule has 5 rings (SSSR count). The molecule has 3 heterocycles. The Morgan fingerprint density at radius 3 is 2.59 bits per heavy atom. The number of thiazole rings is 1. The van der Waals surface area contributed by atoms with Gasteiger partial charge in [0, 0.05) is 34.8 Å². The fourth-order valence-corrected chi connectivity index (χ4v) is 5.77. The van der Waals surface area contributed by atoms with Gasteiger partial charge in [0.05, 0.1) is 10.6 Å². The predicted octanol–water partition coefficient (Wildman–Crippen LogP) is 5.82. The van der Waals surface area contributed by atoms with Crippen LogP contribution in [-0.2, 0) is 4.79 Å². The number of piperidine rings is 1. The van der Waals surface area contributed by atoms with Gasteiger partial charge in [-0.3, -0.25) is 9.59 Å². The summed E-state index contributed by atoms with van der Waals surface area (Å²) >= 11 is 3.15. The minimum atomic E-state index is -0.108. The van der Waals surface area contributed by atoms with E-state index in [9.17, 15) is 9.59 Å². The molecule has 0 unspecified atom stereocenters. The maximum Gasteiger partial charge on any atom is 0.254 e. The highest BCUT2D eigenvalue weighted by Crippen LogP contribution is 2.31. The number of nitrogens with zero attached hydrogens (tertiary/aromatic N) is 2. The van der Waals surface area contributed by atoms with Crippen molar-refractivity contribution in [3.8, 4) is 10.6 Å². The third-order valence-electron chi connectivity index (χ3n) is 5.90. The zero-order chi connectivity index (χ0) is 22.1. The lowest BCUT2D eigenvalue weighted by molar-refractivity contribution is -0.121. The molecule has 32 heavy (non-hydrogen) atoms. The topological polar surface area (TPSA) is 62.3 Å². The average molecular weight is 462 g/mol. The lowest BCUT2D eigenvalue weighted by atomic mass is 9.95. The zero-order valence-electron chi connectivity index (χ0n) is 17.7. The normalized spacial score (nSPS) is 14.6. The number of amides is 2. The van der Waals surface area contributed by atoms with Gasteiger partial charge >= 0.3 is 0 Å². The van der Waals surface area contributed by atoms with Gasteiger partial charge in [0.1, 0.15) is 0 Å². The quantitative estimate of drug-likeness (QED) is 0.416. The van der Waals surface area contributed by atoms with Gasteiger partial charge < -0.3 is 10.2 Å². The molecule has 0 bridgehead atoms. The molecule has 5 nitrogen and oxygen atoms in total. The molecule has 4 aromatic rings. The monoisotopic (exact) mass is 461 g/mol. The summed E-state index contributed by atoms with van der Waals surface area (Å²) in [6.45, 7) is 3.23. The molecule has 2 aromatic heterocycles. The standard InChI is InChI=1S/C25H23N3O2S2/c1-16-9-10-22(32-16)21-15-31-25(26-21)27-23(29)18-11-13-28(14-12-18)24(30)20-8-4-6-17-5-2-3-7-19(17)20/h2-10,15,18H,11-14H2,1H3,(H,26,27,29). The van der Waals surface area contributed by atoms with Crippen LogP contribution in [0, 0.1) is 12.8 Å². The van der Waals surface area contributed by atoms with Crippen molar-refractivity contribution in [3.05, 3.63) is 70.4 Å². The number of carbonyl (C=O) groups excluding carboxylic acids is 2. The number of likely N-dealkylation sites (tertiary alicyclic amines) is 1. The van der Waals surface area contributed by atoms with Crippen molar-refractivity contribution < 1.29 is 9.59 Å². The third kappa shape index (κ3) is 4.18. The number of carbonyl (C=O) groups is 2. The van der Waals surface area contributed by atoms with E-state index < -0.39 is 0 Å². The van der Waals surface area contributed by atoms with Crippen molar-refractivity contribution in [3.63, 3.8) is 0 Å². The first-order valence-electron chi connectivity index (χ1n) is 10.7. The summed E-state index contributed by atoms with van der Waals surface area (Å²) in [6, 6.07) is 17.9. The fourth-order valence-electron chi connectivity index (χ4n) is 4.15. The van der Waals surface area contributed by atoms with E-state index >= 15 is 0 Å². The molecule has 1 fully saturated rings. The zero-order valence-corrected chi connectivity index (χ0v) is 19.3. The number of hydrogen-bond donors (Lipinski definition) is 1. The molecule has 0 spiro atoms. The van der Waals surface area contributed by atoms with Crippen LogP contribution in [0.3, 0.4) is 0 Å². The molecule has 162 valence electrons. The van der Waals surface area contributed by atoms with Crippen molar-refractivity contribution in [2.75, 3.05) is 18.4 Å². The second-order valence-corrected chi connectivity index (χ2v) is 10.2. The van der Waals surface area contributed by atoms with Gasteiger partial charge in [-0.05, 0) is 48.7 Å². The average Bonchev–Trinajstić information content (AvgIpc) is 3.47. The maximum atomic E-state index is 13.1. The predicted molar refractivity (Wildman–Crippen MR) is 131 cm³/mol. The summed E-state index contributed by atoms with van der Waals surface area (Å²) in [7, 11) is 0. The highest BCUT2D eigenvalue weighted by molar-refractivity contribution is 7.17. The Hall–Kier alpha value is -3.03. The summed E-state index contributed by atoms with van der Waals surface area (Å²) in [5.41, 5.74) is 1.63. The Balaban J connectivity index is 1.20. The van der Waals surface area contributed by atoms with Crippen LogP contribution in [0.1, 0.15) is 28.1 Å². The van der Waals surface area contributed by atoms with Crippen molar-refractivity contribution >= 4 is 50.4 Å². The lowest BCUT2D eigenvalue weighted by Gasteiger charge is -2.31. The van der Waals surface area contributed by atoms with Crippen LogP contribution in [0.25, 0.3) is 21.3 Å². The summed E-state index contributed by atoms with van der Waals surface area (Å²) in [5, 5.41) is 7.62. The molecule has 2 amide bonds. The molecular formula is C25H23N3O2S2. The molecule has 1 N–H and O–H groups in total. The molecule has 2 aromatic carbocycles. The SMILES string of the molecule is Cc1ccc(-c2csc(NC(=O)C3CCN(C(=O)c4cccc5ccccc45)CC3)n2)s1. The lowest BCUT2D eigenvalue weighted by Crippen LogP contribution is -2.41. The molecule has 0 radical (unpaired) electrons. The molecule has 7 heteroatoms. The first-order valence-corrected chi connectivity index (χ1v) is 12.4. The molecule has 0 aliphatic carbocycles. The van der Waals surface area contributed by atoms with E-state index in [1.165, 1.54) is 16.2 Å². The van der Waals surface area contributed by atoms with E-state index in [1.807, 2.05) is 52.7 Å². The molecule has 0 saturated carbocycles. The molecule has 0 atom stereocenters. The van der Waals surface area contributed by atoms with E-state index in [2.05, 4.69) is 29.4 Å². The van der Waals surface area contributed by atoms with Crippen molar-refractivity contribution in [2.24, 2.45) is 5.92 Å². The van der Waals surface area contributed by atoms with Crippen LogP contribution < -0.4 is 5.32 Å². The minimum Gasteiger partial charge on any atom is -0.339 e. The summed E-state index contributed by atoms with van der Waals surface area (Å²) in [6.07, 6.45) is 1.31. The maximum absolute atomic E-state index is 13.1. The third-order valence-corrected chi connectivity index (χ3v) is 7.68. The van der Waals surface area contributed by atoms with Gasteiger partial charge in [0.2, 0.25) is 5.91 Å². The Morgan fingerprint density at radius 2 is 1.81 bits per heavy atom. The van der Waals surface area contributed by atoms with Gasteiger partial charge in [-0.15, -0.1) is 22.7 Å². The van der Waals surface area contributed by atoms with Crippen LogP contribution in [0.4, 0.5) is 5.13 Å². The van der Waals surface area contributed by atoms with Gasteiger partial charge in [0.15, 0.2) is 5.13 Å². The number of thiophene rings is 1. The van der Waals surface area contributed by atoms with Crippen LogP contribution in [-0.4, -0.2) is 34.8 Å². The second-order valence-electron chi connectivity index (χ2n) is 8.03. The number of anilines is 1. The number of benzene rings is 2. The van der Waals surface area contributed by atoms with E-state index in [1.54, 1.807) is 11.3 Å². The molecular weight excluding hydrogens is 438 g/mol. The second kappa shape index (κ2) is 8.84. The number of hydrogen-bond acceptors (Lipinski definition) is 5. The highest BCUT2D eigenvalue weighted by Gasteiger charge is 2.29. The van der Waals surface area contributed by atoms with Gasteiger partial charge in [-0.1, -0.05) is 36.4 Å². The summed E-state index contributed by atoms with van der Waals surface area (Å²) < 4.78 is 0. The van der Waals surface area contributed by atoms with Gasteiger partial charge in [0.25, 0.3) is 5.91 Å². The molecule has 1 aliphatic rings. The Labute approximate surface area is 194 Å². The van der Waals surface area contributed by atoms with E-state index in [0.29, 0.717) is 31.1 Å². The number of aryl methyl sites for hydroxylation is 1. The van der Waals surface area contributed by atoms with Crippen LogP contribution in [0.2, 0.25) is 0 Å². The van der Waals surface area contributed by atoms with E-state index in [0.717, 1.165) is 26.9 Å². The Kier molecular flexibility index (Phi) is 5.76. The number of nitrogens with one attached hydrogen (secondary N) is 1. The minimum absolute atomic E-state index is 0.00878. The van der Waals surface area contributed by atoms with E-state index in [-0.39, 0.29) is 17.7 Å². The molecule has 1 saturated heterocycles. The van der Waals surface area contributed by atoms with E-state index in [4.69, 9.17) is 0 Å². The highest BCUT2D eigenvalue weighted by atomic mass is 32.1. The molecule has 1 aliphatic heterocycles. The van der Waals surface area contributed by atoms with Crippen molar-refractivity contribution in [1.29, 1.82) is 0 Å². The number of fused-ring (bicyclic) bond motifs is 1. The summed E-state index contributed by atoms with van der Waals surface area (Å²) in [5.74, 6) is -0.0788. The smallest absolute Gasteiger partial charge is 0.254 e. The van der Waals surface area contributed by atoms with Gasteiger partial charge in [-0.2, -0.15) is 0 Å².